The van der Waals surface area contributed by atoms with Gasteiger partial charge in [0.15, 0.2) is 5.16 Å². The van der Waals surface area contributed by atoms with E-state index in [2.05, 4.69) is 0 Å². The van der Waals surface area contributed by atoms with E-state index in [4.69, 9.17) is 9.72 Å². The van der Waals surface area contributed by atoms with Gasteiger partial charge in [0.05, 0.1) is 17.7 Å². The maximum absolute atomic E-state index is 13.0. The average molecular weight is 451 g/mol. The van der Waals surface area contributed by atoms with E-state index in [9.17, 15) is 14.4 Å². The van der Waals surface area contributed by atoms with E-state index in [1.54, 1.807) is 39.7 Å². The van der Waals surface area contributed by atoms with Crippen molar-refractivity contribution >= 4 is 45.3 Å². The summed E-state index contributed by atoms with van der Waals surface area (Å²) < 4.78 is 6.58. The van der Waals surface area contributed by atoms with Gasteiger partial charge in [-0.2, -0.15) is 0 Å². The van der Waals surface area contributed by atoms with Gasteiger partial charge in [0.1, 0.15) is 4.83 Å². The molecule has 0 radical (unpaired) electrons. The third kappa shape index (κ3) is 4.07. The Balaban J connectivity index is 1.41. The van der Waals surface area contributed by atoms with E-state index in [0.717, 1.165) is 29.5 Å². The minimum absolute atomic E-state index is 0.0108. The second-order valence-corrected chi connectivity index (χ2v) is 9.53. The van der Waals surface area contributed by atoms with Gasteiger partial charge in [-0.15, -0.1) is 11.3 Å². The van der Waals surface area contributed by atoms with Crippen molar-refractivity contribution < 1.29 is 14.3 Å². The molecule has 0 saturated carbocycles. The fourth-order valence-corrected chi connectivity index (χ4v) is 6.14. The maximum atomic E-state index is 13.0. The number of thiophene rings is 1. The number of carbonyl (C=O) groups is 2. The van der Waals surface area contributed by atoms with Crippen LogP contribution in [0.4, 0.5) is 4.79 Å². The van der Waals surface area contributed by atoms with E-state index in [-0.39, 0.29) is 23.3 Å². The number of aryl methyl sites for hydroxylation is 2. The second kappa shape index (κ2) is 8.97. The summed E-state index contributed by atoms with van der Waals surface area (Å²) in [5.41, 5.74) is 1.17. The highest BCUT2D eigenvalue weighted by molar-refractivity contribution is 7.99. The summed E-state index contributed by atoms with van der Waals surface area (Å²) >= 11 is 2.92. The lowest BCUT2D eigenvalue weighted by Gasteiger charge is -2.34. The first-order valence-corrected chi connectivity index (χ1v) is 12.1. The molecule has 1 aliphatic carbocycles. The lowest BCUT2D eigenvalue weighted by molar-refractivity contribution is -0.129. The molecule has 0 unspecified atom stereocenters. The SMILES string of the molecule is CCOC(=O)N1CCN(C(=O)CSc2nc3sc4c(c3c(=O)n2C)CCCC4)CC1. The van der Waals surface area contributed by atoms with Crippen molar-refractivity contribution in [2.45, 2.75) is 37.8 Å². The van der Waals surface area contributed by atoms with Crippen LogP contribution in [-0.4, -0.2) is 69.9 Å². The van der Waals surface area contributed by atoms with Gasteiger partial charge in [0, 0.05) is 38.1 Å². The van der Waals surface area contributed by atoms with E-state index in [0.29, 0.717) is 37.9 Å². The second-order valence-electron chi connectivity index (χ2n) is 7.51. The molecule has 0 atom stereocenters. The number of hydrogen-bond acceptors (Lipinski definition) is 7. The van der Waals surface area contributed by atoms with Gasteiger partial charge in [-0.1, -0.05) is 11.8 Å². The van der Waals surface area contributed by atoms with Gasteiger partial charge in [-0.25, -0.2) is 9.78 Å². The molecule has 0 spiro atoms. The number of aromatic nitrogens is 2. The minimum atomic E-state index is -0.329. The smallest absolute Gasteiger partial charge is 0.409 e. The van der Waals surface area contributed by atoms with Crippen LogP contribution in [0.1, 0.15) is 30.2 Å². The van der Waals surface area contributed by atoms with Crippen molar-refractivity contribution in [2.24, 2.45) is 7.05 Å². The summed E-state index contributed by atoms with van der Waals surface area (Å²) in [6.07, 6.45) is 3.94. The highest BCUT2D eigenvalue weighted by atomic mass is 32.2. The molecule has 4 rings (SSSR count). The van der Waals surface area contributed by atoms with Crippen LogP contribution in [0.2, 0.25) is 0 Å². The average Bonchev–Trinajstić information content (AvgIpc) is 3.13. The first kappa shape index (κ1) is 21.2. The molecule has 2 aliphatic rings. The first-order valence-electron chi connectivity index (χ1n) is 10.3. The lowest BCUT2D eigenvalue weighted by atomic mass is 9.97. The molecule has 8 nitrogen and oxygen atoms in total. The fraction of sp³-hybridized carbons (Fsp3) is 0.600. The van der Waals surface area contributed by atoms with Crippen molar-refractivity contribution in [3.8, 4) is 0 Å². The summed E-state index contributed by atoms with van der Waals surface area (Å²) in [4.78, 5) is 47.6. The molecular weight excluding hydrogens is 424 g/mol. The van der Waals surface area contributed by atoms with Gasteiger partial charge in [-0.3, -0.25) is 14.2 Å². The predicted octanol–water partition coefficient (Wildman–Crippen LogP) is 2.27. The van der Waals surface area contributed by atoms with Crippen LogP contribution in [-0.2, 0) is 29.4 Å². The molecule has 2 aromatic heterocycles. The lowest BCUT2D eigenvalue weighted by Crippen LogP contribution is -2.51. The van der Waals surface area contributed by atoms with Gasteiger partial charge in [0.2, 0.25) is 5.91 Å². The van der Waals surface area contributed by atoms with Crippen molar-refractivity contribution in [2.75, 3.05) is 38.5 Å². The summed E-state index contributed by atoms with van der Waals surface area (Å²) in [6, 6.07) is 0. The van der Waals surface area contributed by atoms with Crippen LogP contribution in [0.15, 0.2) is 9.95 Å². The van der Waals surface area contributed by atoms with Crippen LogP contribution in [0.5, 0.6) is 0 Å². The molecule has 10 heteroatoms. The van der Waals surface area contributed by atoms with Crippen LogP contribution in [0.25, 0.3) is 10.2 Å². The molecule has 2 amide bonds. The Morgan fingerprint density at radius 1 is 1.13 bits per heavy atom. The third-order valence-corrected chi connectivity index (χ3v) is 7.84. The Labute approximate surface area is 183 Å². The van der Waals surface area contributed by atoms with Crippen LogP contribution < -0.4 is 5.56 Å². The monoisotopic (exact) mass is 450 g/mol. The van der Waals surface area contributed by atoms with Crippen molar-refractivity contribution in [1.82, 2.24) is 19.4 Å². The highest BCUT2D eigenvalue weighted by Crippen LogP contribution is 2.34. The molecule has 0 aromatic carbocycles. The van der Waals surface area contributed by atoms with Gasteiger partial charge in [-0.05, 0) is 38.2 Å². The fourth-order valence-electron chi connectivity index (χ4n) is 3.97. The molecular formula is C20H26N4O4S2. The number of nitrogens with zero attached hydrogens (tertiary/aromatic N) is 4. The molecule has 1 fully saturated rings. The zero-order valence-corrected chi connectivity index (χ0v) is 18.9. The Hall–Kier alpha value is -2.07. The summed E-state index contributed by atoms with van der Waals surface area (Å²) in [7, 11) is 1.73. The van der Waals surface area contributed by atoms with Gasteiger partial charge < -0.3 is 14.5 Å². The highest BCUT2D eigenvalue weighted by Gasteiger charge is 2.26. The normalized spacial score (nSPS) is 16.6. The van der Waals surface area contributed by atoms with Gasteiger partial charge in [0.25, 0.3) is 5.56 Å². The van der Waals surface area contributed by atoms with Crippen molar-refractivity contribution in [1.29, 1.82) is 0 Å². The van der Waals surface area contributed by atoms with Crippen LogP contribution in [0, 0.1) is 0 Å². The first-order chi connectivity index (χ1) is 14.5. The Bertz CT molecular complexity index is 1020. The number of rotatable bonds is 4. The van der Waals surface area contributed by atoms with Crippen molar-refractivity contribution in [3.63, 3.8) is 0 Å². The molecule has 1 aliphatic heterocycles. The molecule has 1 saturated heterocycles. The molecule has 0 N–H and O–H groups in total. The summed E-state index contributed by atoms with van der Waals surface area (Å²) in [5, 5.41) is 1.34. The number of amides is 2. The zero-order valence-electron chi connectivity index (χ0n) is 17.3. The van der Waals surface area contributed by atoms with E-state index in [1.165, 1.54) is 28.6 Å². The maximum Gasteiger partial charge on any atom is 0.409 e. The number of thioether (sulfide) groups is 1. The van der Waals surface area contributed by atoms with E-state index in [1.807, 2.05) is 0 Å². The predicted molar refractivity (Wildman–Crippen MR) is 117 cm³/mol. The largest absolute Gasteiger partial charge is 0.450 e. The Kier molecular flexibility index (Phi) is 6.33. The topological polar surface area (TPSA) is 84.7 Å². The summed E-state index contributed by atoms with van der Waals surface area (Å²) in [5.74, 6) is 0.208. The zero-order chi connectivity index (χ0) is 21.3. The van der Waals surface area contributed by atoms with E-state index >= 15 is 0 Å². The van der Waals surface area contributed by atoms with Gasteiger partial charge >= 0.3 is 6.09 Å². The quantitative estimate of drug-likeness (QED) is 0.525. The molecule has 30 heavy (non-hydrogen) atoms. The number of hydrogen-bond donors (Lipinski definition) is 0. The van der Waals surface area contributed by atoms with Crippen LogP contribution in [0.3, 0.4) is 0 Å². The molecule has 2 aromatic rings. The third-order valence-electron chi connectivity index (χ3n) is 5.64. The number of ether oxygens (including phenoxy) is 1. The molecule has 0 bridgehead atoms. The number of piperazine rings is 1. The van der Waals surface area contributed by atoms with Crippen LogP contribution >= 0.6 is 23.1 Å². The standard InChI is InChI=1S/C20H26N4O4S2/c1-3-28-20(27)24-10-8-23(9-11-24)15(25)12-29-19-21-17-16(18(26)22(19)2)13-6-4-5-7-14(13)30-17/h3-12H2,1-2H3. The van der Waals surface area contributed by atoms with Crippen molar-refractivity contribution in [3.05, 3.63) is 20.8 Å². The number of carbonyl (C=O) groups excluding carboxylic acids is 2. The minimum Gasteiger partial charge on any atom is -0.450 e. The molecule has 162 valence electrons. The Morgan fingerprint density at radius 3 is 2.57 bits per heavy atom. The number of fused-ring (bicyclic) bond motifs is 3. The van der Waals surface area contributed by atoms with E-state index < -0.39 is 0 Å². The summed E-state index contributed by atoms with van der Waals surface area (Å²) in [6.45, 7) is 4.04. The molecule has 3 heterocycles. The Morgan fingerprint density at radius 2 is 1.83 bits per heavy atom.